The minimum absolute atomic E-state index is 0.310. The lowest BCUT2D eigenvalue weighted by molar-refractivity contribution is 0.0921. The van der Waals surface area contributed by atoms with Crippen molar-refractivity contribution in [2.24, 2.45) is 5.73 Å². The average molecular weight is 316 g/mol. The van der Waals surface area contributed by atoms with Crippen molar-refractivity contribution < 1.29 is 14.6 Å². The molecule has 0 aromatic heterocycles. The summed E-state index contributed by atoms with van der Waals surface area (Å²) in [5.74, 6) is 0.220. The maximum absolute atomic E-state index is 12.2. The van der Waals surface area contributed by atoms with E-state index in [0.29, 0.717) is 11.3 Å². The third kappa shape index (κ3) is 2.43. The second-order valence-electron chi connectivity index (χ2n) is 4.25. The molecule has 1 aromatic rings. The molecular weight excluding hydrogens is 298 g/mol. The summed E-state index contributed by atoms with van der Waals surface area (Å²) in [7, 11) is 1.52. The van der Waals surface area contributed by atoms with Crippen LogP contribution in [0.15, 0.2) is 4.47 Å². The molecule has 0 spiro atoms. The molecule has 1 aromatic carbocycles. The molecule has 1 rings (SSSR count). The Morgan fingerprint density at radius 3 is 2.33 bits per heavy atom. The van der Waals surface area contributed by atoms with Crippen molar-refractivity contribution in [3.8, 4) is 5.75 Å². The molecule has 1 unspecified atom stereocenters. The van der Waals surface area contributed by atoms with Crippen LogP contribution < -0.4 is 10.5 Å². The van der Waals surface area contributed by atoms with E-state index in [9.17, 15) is 4.79 Å². The Morgan fingerprint density at radius 1 is 1.33 bits per heavy atom. The third-order valence-corrected chi connectivity index (χ3v) is 4.34. The van der Waals surface area contributed by atoms with Gasteiger partial charge in [-0.1, -0.05) is 15.9 Å². The van der Waals surface area contributed by atoms with E-state index in [1.807, 2.05) is 20.8 Å². The van der Waals surface area contributed by atoms with Gasteiger partial charge >= 0.3 is 0 Å². The number of aliphatic hydroxyl groups is 1. The molecule has 0 aliphatic carbocycles. The number of halogens is 1. The lowest BCUT2D eigenvalue weighted by Gasteiger charge is -2.19. The smallest absolute Gasteiger partial charge is 0.185 e. The van der Waals surface area contributed by atoms with E-state index in [1.54, 1.807) is 0 Å². The molecule has 100 valence electrons. The van der Waals surface area contributed by atoms with Crippen LogP contribution in [-0.2, 0) is 0 Å². The van der Waals surface area contributed by atoms with Gasteiger partial charge in [-0.2, -0.15) is 0 Å². The summed E-state index contributed by atoms with van der Waals surface area (Å²) in [5.41, 5.74) is 8.75. The molecule has 0 amide bonds. The molecule has 0 aliphatic heterocycles. The molecular formula is C13H18BrNO3. The van der Waals surface area contributed by atoms with Crippen LogP contribution in [0.4, 0.5) is 0 Å². The lowest BCUT2D eigenvalue weighted by atomic mass is 9.93. The van der Waals surface area contributed by atoms with Crippen LogP contribution >= 0.6 is 15.9 Å². The van der Waals surface area contributed by atoms with E-state index in [-0.39, 0.29) is 12.4 Å². The van der Waals surface area contributed by atoms with E-state index < -0.39 is 6.04 Å². The van der Waals surface area contributed by atoms with Crippen LogP contribution in [0.1, 0.15) is 27.0 Å². The molecule has 0 fully saturated rings. The maximum Gasteiger partial charge on any atom is 0.185 e. The van der Waals surface area contributed by atoms with Gasteiger partial charge in [-0.05, 0) is 37.5 Å². The number of benzene rings is 1. The minimum atomic E-state index is -0.924. The summed E-state index contributed by atoms with van der Waals surface area (Å²) in [6.07, 6.45) is 0. The zero-order valence-electron chi connectivity index (χ0n) is 11.0. The molecule has 0 bridgehead atoms. The first-order valence-electron chi connectivity index (χ1n) is 5.60. The molecule has 0 heterocycles. The van der Waals surface area contributed by atoms with Crippen LogP contribution in [0.2, 0.25) is 0 Å². The van der Waals surface area contributed by atoms with Gasteiger partial charge in [0.15, 0.2) is 5.78 Å². The number of methoxy groups -OCH3 is 1. The summed E-state index contributed by atoms with van der Waals surface area (Å²) < 4.78 is 6.20. The first-order chi connectivity index (χ1) is 8.36. The Kier molecular flexibility index (Phi) is 4.90. The van der Waals surface area contributed by atoms with Crippen molar-refractivity contribution in [1.82, 2.24) is 0 Å². The number of carbonyl (C=O) groups excluding carboxylic acids is 1. The highest BCUT2D eigenvalue weighted by Crippen LogP contribution is 2.36. The Labute approximate surface area is 115 Å². The Hall–Kier alpha value is -0.910. The number of hydrogen-bond acceptors (Lipinski definition) is 4. The second-order valence-corrected chi connectivity index (χ2v) is 5.04. The van der Waals surface area contributed by atoms with Crippen molar-refractivity contribution in [3.05, 3.63) is 26.7 Å². The predicted octanol–water partition coefficient (Wildman–Crippen LogP) is 1.89. The van der Waals surface area contributed by atoms with Crippen LogP contribution in [-0.4, -0.2) is 30.6 Å². The maximum atomic E-state index is 12.2. The van der Waals surface area contributed by atoms with E-state index in [1.165, 1.54) is 7.11 Å². The number of ketones is 1. The van der Waals surface area contributed by atoms with E-state index in [4.69, 9.17) is 15.6 Å². The van der Waals surface area contributed by atoms with Crippen molar-refractivity contribution >= 4 is 21.7 Å². The lowest BCUT2D eigenvalue weighted by Crippen LogP contribution is -2.35. The van der Waals surface area contributed by atoms with Gasteiger partial charge in [-0.3, -0.25) is 4.79 Å². The zero-order chi connectivity index (χ0) is 14.0. The zero-order valence-corrected chi connectivity index (χ0v) is 12.6. The fourth-order valence-corrected chi connectivity index (χ4v) is 2.40. The molecule has 1 atom stereocenters. The summed E-state index contributed by atoms with van der Waals surface area (Å²) >= 11 is 3.47. The van der Waals surface area contributed by atoms with Gasteiger partial charge in [0.05, 0.1) is 25.3 Å². The van der Waals surface area contributed by atoms with E-state index >= 15 is 0 Å². The highest BCUT2D eigenvalue weighted by Gasteiger charge is 2.25. The van der Waals surface area contributed by atoms with Gasteiger partial charge in [-0.25, -0.2) is 0 Å². The molecule has 0 saturated heterocycles. The molecule has 5 heteroatoms. The van der Waals surface area contributed by atoms with Gasteiger partial charge in [0, 0.05) is 4.47 Å². The molecule has 0 aliphatic rings. The largest absolute Gasteiger partial charge is 0.496 e. The number of rotatable bonds is 4. The molecule has 0 radical (unpaired) electrons. The molecule has 4 nitrogen and oxygen atoms in total. The van der Waals surface area contributed by atoms with E-state index in [0.717, 1.165) is 21.2 Å². The highest BCUT2D eigenvalue weighted by molar-refractivity contribution is 9.10. The number of Topliss-reactive ketones (excluding diaryl/α,β-unsaturated/α-hetero) is 1. The summed E-state index contributed by atoms with van der Waals surface area (Å²) in [4.78, 5) is 12.2. The number of carbonyl (C=O) groups is 1. The summed E-state index contributed by atoms with van der Waals surface area (Å²) in [5, 5.41) is 9.02. The topological polar surface area (TPSA) is 72.5 Å². The Morgan fingerprint density at radius 2 is 1.89 bits per heavy atom. The van der Waals surface area contributed by atoms with Crippen LogP contribution in [0.25, 0.3) is 0 Å². The van der Waals surface area contributed by atoms with Crippen molar-refractivity contribution in [2.75, 3.05) is 13.7 Å². The quantitative estimate of drug-likeness (QED) is 0.832. The highest BCUT2D eigenvalue weighted by atomic mass is 79.9. The van der Waals surface area contributed by atoms with Crippen molar-refractivity contribution in [1.29, 1.82) is 0 Å². The van der Waals surface area contributed by atoms with Gasteiger partial charge in [0.25, 0.3) is 0 Å². The van der Waals surface area contributed by atoms with Crippen LogP contribution in [0.5, 0.6) is 5.75 Å². The number of hydrogen-bond donors (Lipinski definition) is 2. The molecule has 0 saturated carbocycles. The summed E-state index contributed by atoms with van der Waals surface area (Å²) in [6.45, 7) is 5.29. The molecule has 18 heavy (non-hydrogen) atoms. The van der Waals surface area contributed by atoms with E-state index in [2.05, 4.69) is 15.9 Å². The first kappa shape index (κ1) is 15.1. The number of nitrogens with two attached hydrogens (primary N) is 1. The van der Waals surface area contributed by atoms with Gasteiger partial charge in [0.2, 0.25) is 0 Å². The van der Waals surface area contributed by atoms with Crippen LogP contribution in [0, 0.1) is 20.8 Å². The normalized spacial score (nSPS) is 12.4. The monoisotopic (exact) mass is 315 g/mol. The standard InChI is InChI=1S/C13H18BrNO3/c1-6-7(2)13(18-4)10(8(3)11(6)14)12(17)9(15)5-16/h9,16H,5,15H2,1-4H3. The molecule has 3 N–H and O–H groups in total. The first-order valence-corrected chi connectivity index (χ1v) is 6.39. The minimum Gasteiger partial charge on any atom is -0.496 e. The fraction of sp³-hybridized carbons (Fsp3) is 0.462. The van der Waals surface area contributed by atoms with Crippen molar-refractivity contribution in [3.63, 3.8) is 0 Å². The van der Waals surface area contributed by atoms with Crippen LogP contribution in [0.3, 0.4) is 0 Å². The Bertz CT molecular complexity index is 486. The summed E-state index contributed by atoms with van der Waals surface area (Å²) in [6, 6.07) is -0.924. The Balaban J connectivity index is 3.57. The predicted molar refractivity (Wildman–Crippen MR) is 74.3 cm³/mol. The third-order valence-electron chi connectivity index (χ3n) is 3.15. The van der Waals surface area contributed by atoms with Gasteiger partial charge in [-0.15, -0.1) is 0 Å². The average Bonchev–Trinajstić information content (AvgIpc) is 2.38. The fourth-order valence-electron chi connectivity index (χ4n) is 1.90. The van der Waals surface area contributed by atoms with Gasteiger partial charge < -0.3 is 15.6 Å². The SMILES string of the molecule is COc1c(C)c(C)c(Br)c(C)c1C(=O)C(N)CO. The number of ether oxygens (including phenoxy) is 1. The second kappa shape index (κ2) is 5.82. The number of aliphatic hydroxyl groups excluding tert-OH is 1. The van der Waals surface area contributed by atoms with Crippen molar-refractivity contribution in [2.45, 2.75) is 26.8 Å². The van der Waals surface area contributed by atoms with Gasteiger partial charge in [0.1, 0.15) is 5.75 Å².